The van der Waals surface area contributed by atoms with E-state index < -0.39 is 0 Å². The molecule has 1 N–H and O–H groups in total. The maximum absolute atomic E-state index is 13.0. The molecule has 2 aromatic heterocycles. The monoisotopic (exact) mass is 401 g/mol. The van der Waals surface area contributed by atoms with Gasteiger partial charge in [-0.05, 0) is 42.0 Å². The summed E-state index contributed by atoms with van der Waals surface area (Å²) in [5, 5.41) is 0.504. The summed E-state index contributed by atoms with van der Waals surface area (Å²) in [6, 6.07) is 15.9. The first-order valence-corrected chi connectivity index (χ1v) is 9.91. The molecule has 4 nitrogen and oxygen atoms in total. The highest BCUT2D eigenvalue weighted by Gasteiger charge is 2.13. The number of hydrogen-bond donors (Lipinski definition) is 1. The number of aromatic nitrogens is 3. The van der Waals surface area contributed by atoms with Crippen LogP contribution in [0.1, 0.15) is 5.56 Å². The minimum Gasteiger partial charge on any atom is -0.300 e. The van der Waals surface area contributed by atoms with Gasteiger partial charge in [0.05, 0.1) is 0 Å². The lowest BCUT2D eigenvalue weighted by molar-refractivity contribution is 0.627. The molecular formula is C18H12FN3OS3. The number of aromatic amines is 1. The van der Waals surface area contributed by atoms with E-state index in [0.29, 0.717) is 25.2 Å². The van der Waals surface area contributed by atoms with Gasteiger partial charge < -0.3 is 4.98 Å². The number of thioether (sulfide) groups is 1. The molecule has 0 spiro atoms. The van der Waals surface area contributed by atoms with E-state index in [-0.39, 0.29) is 11.4 Å². The number of rotatable bonds is 4. The quantitative estimate of drug-likeness (QED) is 0.299. The summed E-state index contributed by atoms with van der Waals surface area (Å²) in [4.78, 5) is 19.8. The van der Waals surface area contributed by atoms with E-state index in [0.717, 1.165) is 11.3 Å². The van der Waals surface area contributed by atoms with Gasteiger partial charge in [0, 0.05) is 11.4 Å². The Morgan fingerprint density at radius 2 is 1.88 bits per heavy atom. The van der Waals surface area contributed by atoms with E-state index in [1.54, 1.807) is 12.1 Å². The third-order valence-electron chi connectivity index (χ3n) is 3.72. The highest BCUT2D eigenvalue weighted by molar-refractivity contribution is 7.98. The molecule has 0 aliphatic rings. The highest BCUT2D eigenvalue weighted by atomic mass is 32.2. The second kappa shape index (κ2) is 7.14. The lowest BCUT2D eigenvalue weighted by Gasteiger charge is -2.05. The predicted octanol–water partition coefficient (Wildman–Crippen LogP) is 4.94. The van der Waals surface area contributed by atoms with Gasteiger partial charge >= 0.3 is 0 Å². The Labute approximate surface area is 161 Å². The smallest absolute Gasteiger partial charge is 0.271 e. The van der Waals surface area contributed by atoms with E-state index in [9.17, 15) is 9.18 Å². The normalized spacial score (nSPS) is 11.1. The summed E-state index contributed by atoms with van der Waals surface area (Å²) in [5.74, 6) is 0.303. The first-order chi connectivity index (χ1) is 12.6. The van der Waals surface area contributed by atoms with Gasteiger partial charge in [0.25, 0.3) is 5.56 Å². The van der Waals surface area contributed by atoms with Crippen LogP contribution in [0.5, 0.6) is 0 Å². The maximum Gasteiger partial charge on any atom is 0.271 e. The SMILES string of the molecule is O=c1[nH]c(SCc2ccc(F)cc2)nc2c1sc(=S)n2-c1ccccc1. The second-order valence-corrected chi connectivity index (χ2v) is 8.09. The summed E-state index contributed by atoms with van der Waals surface area (Å²) < 4.78 is 15.9. The topological polar surface area (TPSA) is 50.7 Å². The maximum atomic E-state index is 13.0. The number of fused-ring (bicyclic) bond motifs is 1. The number of hydrogen-bond acceptors (Lipinski definition) is 5. The number of para-hydroxylation sites is 1. The van der Waals surface area contributed by atoms with Gasteiger partial charge in [-0.1, -0.05) is 53.4 Å². The van der Waals surface area contributed by atoms with Crippen molar-refractivity contribution >= 4 is 45.7 Å². The van der Waals surface area contributed by atoms with Crippen LogP contribution in [-0.4, -0.2) is 14.5 Å². The average molecular weight is 402 g/mol. The van der Waals surface area contributed by atoms with Crippen molar-refractivity contribution in [3.05, 3.63) is 80.3 Å². The van der Waals surface area contributed by atoms with Crippen molar-refractivity contribution in [1.82, 2.24) is 14.5 Å². The van der Waals surface area contributed by atoms with Crippen LogP contribution in [-0.2, 0) is 5.75 Å². The summed E-state index contributed by atoms with van der Waals surface area (Å²) in [7, 11) is 0. The van der Waals surface area contributed by atoms with E-state index in [4.69, 9.17) is 12.2 Å². The number of nitrogens with one attached hydrogen (secondary N) is 1. The van der Waals surface area contributed by atoms with Crippen molar-refractivity contribution < 1.29 is 4.39 Å². The van der Waals surface area contributed by atoms with Crippen molar-refractivity contribution in [3.8, 4) is 5.69 Å². The van der Waals surface area contributed by atoms with Crippen molar-refractivity contribution in [1.29, 1.82) is 0 Å². The molecule has 4 aromatic rings. The predicted molar refractivity (Wildman–Crippen MR) is 106 cm³/mol. The lowest BCUT2D eigenvalue weighted by Crippen LogP contribution is -2.09. The molecule has 0 fully saturated rings. The molecule has 130 valence electrons. The summed E-state index contributed by atoms with van der Waals surface area (Å²) in [6.07, 6.45) is 0. The molecule has 0 aliphatic carbocycles. The third kappa shape index (κ3) is 3.35. The molecule has 0 amide bonds. The lowest BCUT2D eigenvalue weighted by atomic mass is 10.2. The second-order valence-electron chi connectivity index (χ2n) is 5.48. The molecule has 2 heterocycles. The summed E-state index contributed by atoms with van der Waals surface area (Å²) in [6.45, 7) is 0. The standard InChI is InChI=1S/C18H12FN3OS3/c19-12-8-6-11(7-9-12)10-25-17-20-15-14(16(23)21-17)26-18(24)22(15)13-4-2-1-3-5-13/h1-9H,10H2,(H,20,21,23). The Balaban J connectivity index is 1.74. The Hall–Kier alpha value is -2.29. The van der Waals surface area contributed by atoms with Crippen LogP contribution in [0.3, 0.4) is 0 Å². The molecule has 0 radical (unpaired) electrons. The molecule has 0 saturated heterocycles. The number of nitrogens with zero attached hydrogens (tertiary/aromatic N) is 2. The Kier molecular flexibility index (Phi) is 4.71. The summed E-state index contributed by atoms with van der Waals surface area (Å²) >= 11 is 8.07. The zero-order valence-corrected chi connectivity index (χ0v) is 15.8. The van der Waals surface area contributed by atoms with Crippen LogP contribution in [0, 0.1) is 9.77 Å². The van der Waals surface area contributed by atoms with Gasteiger partial charge in [0.15, 0.2) is 14.8 Å². The molecule has 0 bridgehead atoms. The zero-order valence-electron chi connectivity index (χ0n) is 13.3. The molecule has 2 aromatic carbocycles. The van der Waals surface area contributed by atoms with Crippen molar-refractivity contribution in [3.63, 3.8) is 0 Å². The number of thiazole rings is 1. The molecule has 0 aliphatic heterocycles. The Morgan fingerprint density at radius 3 is 2.62 bits per heavy atom. The van der Waals surface area contributed by atoms with Crippen LogP contribution in [0.25, 0.3) is 16.0 Å². The molecular weight excluding hydrogens is 389 g/mol. The van der Waals surface area contributed by atoms with Gasteiger partial charge in [-0.2, -0.15) is 0 Å². The fraction of sp³-hybridized carbons (Fsp3) is 0.0556. The van der Waals surface area contributed by atoms with Crippen molar-refractivity contribution in [2.45, 2.75) is 10.9 Å². The van der Waals surface area contributed by atoms with Crippen LogP contribution in [0.2, 0.25) is 0 Å². The first kappa shape index (κ1) is 17.1. The van der Waals surface area contributed by atoms with Gasteiger partial charge in [0.1, 0.15) is 10.5 Å². The number of benzene rings is 2. The van der Waals surface area contributed by atoms with Crippen LogP contribution < -0.4 is 5.56 Å². The van der Waals surface area contributed by atoms with Gasteiger partial charge in [0.2, 0.25) is 0 Å². The third-order valence-corrected chi connectivity index (χ3v) is 6.03. The fourth-order valence-corrected chi connectivity index (χ4v) is 4.58. The minimum absolute atomic E-state index is 0.206. The van der Waals surface area contributed by atoms with Crippen LogP contribution in [0.4, 0.5) is 4.39 Å². The van der Waals surface area contributed by atoms with Crippen LogP contribution >= 0.6 is 35.3 Å². The molecule has 8 heteroatoms. The van der Waals surface area contributed by atoms with Crippen molar-refractivity contribution in [2.75, 3.05) is 0 Å². The Morgan fingerprint density at radius 1 is 1.15 bits per heavy atom. The van der Waals surface area contributed by atoms with E-state index in [2.05, 4.69) is 9.97 Å². The van der Waals surface area contributed by atoms with E-state index in [1.165, 1.54) is 35.2 Å². The largest absolute Gasteiger partial charge is 0.300 e. The van der Waals surface area contributed by atoms with Gasteiger partial charge in [-0.15, -0.1) is 0 Å². The summed E-state index contributed by atoms with van der Waals surface area (Å²) in [5.41, 5.74) is 2.17. The molecule has 0 unspecified atom stereocenters. The fourth-order valence-electron chi connectivity index (χ4n) is 2.50. The molecule has 0 atom stereocenters. The molecule has 0 saturated carbocycles. The van der Waals surface area contributed by atoms with Gasteiger partial charge in [-0.3, -0.25) is 9.36 Å². The Bertz CT molecular complexity index is 1180. The van der Waals surface area contributed by atoms with E-state index in [1.807, 2.05) is 34.9 Å². The minimum atomic E-state index is -0.271. The number of halogens is 1. The average Bonchev–Trinajstić information content (AvgIpc) is 2.98. The van der Waals surface area contributed by atoms with Gasteiger partial charge in [-0.25, -0.2) is 9.37 Å². The van der Waals surface area contributed by atoms with Crippen molar-refractivity contribution in [2.24, 2.45) is 0 Å². The zero-order chi connectivity index (χ0) is 18.1. The van der Waals surface area contributed by atoms with Crippen LogP contribution in [0.15, 0.2) is 64.5 Å². The number of H-pyrrole nitrogens is 1. The molecule has 4 rings (SSSR count). The van der Waals surface area contributed by atoms with E-state index >= 15 is 0 Å². The first-order valence-electron chi connectivity index (χ1n) is 7.70. The molecule has 26 heavy (non-hydrogen) atoms. The highest BCUT2D eigenvalue weighted by Crippen LogP contribution is 2.25.